The first-order valence-electron chi connectivity index (χ1n) is 12.3. The van der Waals surface area contributed by atoms with Crippen LogP contribution in [0.25, 0.3) is 16.3 Å². The summed E-state index contributed by atoms with van der Waals surface area (Å²) < 4.78 is 20.8. The van der Waals surface area contributed by atoms with Crippen LogP contribution in [0.4, 0.5) is 10.3 Å². The summed E-state index contributed by atoms with van der Waals surface area (Å²) >= 11 is 1.56. The van der Waals surface area contributed by atoms with Crippen LogP contribution in [0.5, 0.6) is 11.6 Å². The number of aryl methyl sites for hydroxylation is 2. The Kier molecular flexibility index (Phi) is 7.45. The van der Waals surface area contributed by atoms with Crippen LogP contribution in [0.2, 0.25) is 0 Å². The zero-order valence-corrected chi connectivity index (χ0v) is 21.7. The van der Waals surface area contributed by atoms with Crippen LogP contribution in [0, 0.1) is 31.0 Å². The topological polar surface area (TPSA) is 74.1 Å². The van der Waals surface area contributed by atoms with Gasteiger partial charge in [-0.3, -0.25) is 4.90 Å². The molecule has 0 spiro atoms. The average Bonchev–Trinajstić information content (AvgIpc) is 3.35. The third kappa shape index (κ3) is 5.96. The van der Waals surface area contributed by atoms with Crippen molar-refractivity contribution >= 4 is 33.6 Å². The molecule has 0 saturated carbocycles. The van der Waals surface area contributed by atoms with Gasteiger partial charge in [0.05, 0.1) is 11.6 Å². The Hall–Kier alpha value is -3.80. The van der Waals surface area contributed by atoms with Crippen molar-refractivity contribution in [2.45, 2.75) is 39.3 Å². The summed E-state index contributed by atoms with van der Waals surface area (Å²) in [5.74, 6) is 1.68. The summed E-state index contributed by atoms with van der Waals surface area (Å²) in [6.07, 6.45) is 5.16. The fourth-order valence-electron chi connectivity index (χ4n) is 4.75. The molecular weight excluding hydrogens is 485 g/mol. The maximum Gasteiger partial charge on any atom is 0.242 e. The van der Waals surface area contributed by atoms with Crippen molar-refractivity contribution < 1.29 is 9.13 Å². The number of nitrogens with zero attached hydrogens (tertiary/aromatic N) is 4. The highest BCUT2D eigenvalue weighted by Crippen LogP contribution is 2.36. The van der Waals surface area contributed by atoms with Gasteiger partial charge in [-0.1, -0.05) is 12.1 Å². The highest BCUT2D eigenvalue weighted by atomic mass is 32.1. The number of likely N-dealkylation sites (tertiary alicyclic amines) is 1. The Labute approximate surface area is 220 Å². The molecule has 2 aromatic heterocycles. The highest BCUT2D eigenvalue weighted by Gasteiger charge is 2.21. The molecule has 0 amide bonds. The van der Waals surface area contributed by atoms with Gasteiger partial charge in [-0.15, -0.1) is 11.3 Å². The van der Waals surface area contributed by atoms with Gasteiger partial charge in [0.1, 0.15) is 16.3 Å². The predicted octanol–water partition coefficient (Wildman–Crippen LogP) is 6.85. The zero-order valence-electron chi connectivity index (χ0n) is 20.9. The SMILES string of the molecule is Cc1cc(/C=C/C#N)cc(C)c1Oc1nc(NC2CCN(Cc3cccc(F)c3)CC2)nc2ccsc12. The second-order valence-electron chi connectivity index (χ2n) is 9.36. The normalized spacial score (nSPS) is 14.8. The van der Waals surface area contributed by atoms with Crippen molar-refractivity contribution in [1.82, 2.24) is 14.9 Å². The highest BCUT2D eigenvalue weighted by molar-refractivity contribution is 7.17. The van der Waals surface area contributed by atoms with Crippen molar-refractivity contribution in [3.63, 3.8) is 0 Å². The number of thiophene rings is 1. The van der Waals surface area contributed by atoms with Gasteiger partial charge >= 0.3 is 0 Å². The first-order chi connectivity index (χ1) is 18.0. The largest absolute Gasteiger partial charge is 0.437 e. The van der Waals surface area contributed by atoms with Crippen LogP contribution in [0.15, 0.2) is 53.9 Å². The lowest BCUT2D eigenvalue weighted by Crippen LogP contribution is -2.39. The number of nitriles is 1. The van der Waals surface area contributed by atoms with Gasteiger partial charge < -0.3 is 10.1 Å². The number of rotatable bonds is 7. The minimum absolute atomic E-state index is 0.190. The van der Waals surface area contributed by atoms with Crippen molar-refractivity contribution in [3.8, 4) is 17.7 Å². The third-order valence-electron chi connectivity index (χ3n) is 6.52. The molecular formula is C29H28FN5OS. The molecule has 4 aromatic rings. The minimum Gasteiger partial charge on any atom is -0.437 e. The van der Waals surface area contributed by atoms with Gasteiger partial charge in [0, 0.05) is 31.8 Å². The molecule has 2 aromatic carbocycles. The molecule has 0 aliphatic carbocycles. The number of halogens is 1. The Bertz CT molecular complexity index is 1460. The van der Waals surface area contributed by atoms with E-state index in [-0.39, 0.29) is 11.9 Å². The molecule has 0 unspecified atom stereocenters. The number of hydrogen-bond acceptors (Lipinski definition) is 7. The lowest BCUT2D eigenvalue weighted by molar-refractivity contribution is 0.211. The summed E-state index contributed by atoms with van der Waals surface area (Å²) in [6, 6.07) is 15.1. The van der Waals surface area contributed by atoms with Gasteiger partial charge in [-0.05, 0) is 90.7 Å². The van der Waals surface area contributed by atoms with Crippen LogP contribution in [0.3, 0.4) is 0 Å². The van der Waals surface area contributed by atoms with Crippen LogP contribution in [-0.4, -0.2) is 34.0 Å². The molecule has 1 aliphatic heterocycles. The van der Waals surface area contributed by atoms with Crippen LogP contribution in [-0.2, 0) is 6.54 Å². The maximum atomic E-state index is 13.5. The van der Waals surface area contributed by atoms with Gasteiger partial charge in [0.2, 0.25) is 11.8 Å². The fraction of sp³-hybridized carbons (Fsp3) is 0.276. The Balaban J connectivity index is 1.29. The van der Waals surface area contributed by atoms with Crippen molar-refractivity contribution in [2.75, 3.05) is 18.4 Å². The molecule has 6 nitrogen and oxygen atoms in total. The Morgan fingerprint density at radius 3 is 2.68 bits per heavy atom. The molecule has 1 saturated heterocycles. The maximum absolute atomic E-state index is 13.5. The van der Waals surface area contributed by atoms with Crippen LogP contribution >= 0.6 is 11.3 Å². The monoisotopic (exact) mass is 513 g/mol. The first kappa shape index (κ1) is 24.9. The molecule has 188 valence electrons. The fourth-order valence-corrected chi connectivity index (χ4v) is 5.51. The van der Waals surface area contributed by atoms with Crippen LogP contribution < -0.4 is 10.1 Å². The number of piperidine rings is 1. The van der Waals surface area contributed by atoms with E-state index in [1.807, 2.05) is 49.6 Å². The number of nitrogens with one attached hydrogen (secondary N) is 1. The summed E-state index contributed by atoms with van der Waals surface area (Å²) in [7, 11) is 0. The lowest BCUT2D eigenvalue weighted by Gasteiger charge is -2.32. The molecule has 0 bridgehead atoms. The van der Waals surface area contributed by atoms with Crippen LogP contribution in [0.1, 0.15) is 35.1 Å². The van der Waals surface area contributed by atoms with E-state index < -0.39 is 0 Å². The second kappa shape index (κ2) is 11.1. The average molecular weight is 514 g/mol. The molecule has 3 heterocycles. The van der Waals surface area contributed by atoms with Crippen molar-refractivity contribution in [1.29, 1.82) is 5.26 Å². The van der Waals surface area contributed by atoms with Gasteiger partial charge in [0.15, 0.2) is 0 Å². The first-order valence-corrected chi connectivity index (χ1v) is 13.2. The number of allylic oxidation sites excluding steroid dienone is 1. The zero-order chi connectivity index (χ0) is 25.8. The number of ether oxygens (including phenoxy) is 1. The predicted molar refractivity (Wildman–Crippen MR) is 146 cm³/mol. The lowest BCUT2D eigenvalue weighted by atomic mass is 10.0. The molecule has 5 rings (SSSR count). The van der Waals surface area contributed by atoms with E-state index in [0.29, 0.717) is 11.8 Å². The van der Waals surface area contributed by atoms with E-state index in [1.165, 1.54) is 12.1 Å². The van der Waals surface area contributed by atoms with E-state index in [2.05, 4.69) is 10.2 Å². The Morgan fingerprint density at radius 2 is 1.95 bits per heavy atom. The number of fused-ring (bicyclic) bond motifs is 1. The summed E-state index contributed by atoms with van der Waals surface area (Å²) in [4.78, 5) is 11.9. The Morgan fingerprint density at radius 1 is 1.16 bits per heavy atom. The summed E-state index contributed by atoms with van der Waals surface area (Å²) in [5.41, 5.74) is 4.75. The van der Waals surface area contributed by atoms with Crippen molar-refractivity contribution in [3.05, 3.63) is 82.0 Å². The summed E-state index contributed by atoms with van der Waals surface area (Å²) in [5, 5.41) is 14.3. The van der Waals surface area contributed by atoms with Gasteiger partial charge in [-0.2, -0.15) is 10.2 Å². The molecule has 1 fully saturated rings. The number of hydrogen-bond donors (Lipinski definition) is 1. The molecule has 1 N–H and O–H groups in total. The third-order valence-corrected chi connectivity index (χ3v) is 7.41. The second-order valence-corrected chi connectivity index (χ2v) is 10.3. The summed E-state index contributed by atoms with van der Waals surface area (Å²) in [6.45, 7) is 6.58. The van der Waals surface area contributed by atoms with Crippen molar-refractivity contribution in [2.24, 2.45) is 0 Å². The van der Waals surface area contributed by atoms with E-state index in [1.54, 1.807) is 29.5 Å². The van der Waals surface area contributed by atoms with E-state index in [9.17, 15) is 4.39 Å². The number of anilines is 1. The minimum atomic E-state index is -0.190. The van der Waals surface area contributed by atoms with E-state index >= 15 is 0 Å². The standard InChI is InChI=1S/C29H28FN5OS/c1-19-15-21(6-4-11-31)16-20(2)26(19)36-28-27-25(10-14-37-27)33-29(34-28)32-24-8-12-35(13-9-24)18-22-5-3-7-23(30)17-22/h3-7,10,14-17,24H,8-9,12-13,18H2,1-2H3,(H,32,33,34)/b6-4+. The van der Waals surface area contributed by atoms with E-state index in [0.717, 1.165) is 70.7 Å². The van der Waals surface area contributed by atoms with E-state index in [4.69, 9.17) is 20.0 Å². The quantitative estimate of drug-likeness (QED) is 0.272. The number of aromatic nitrogens is 2. The molecule has 8 heteroatoms. The van der Waals surface area contributed by atoms with Gasteiger partial charge in [0.25, 0.3) is 0 Å². The molecule has 37 heavy (non-hydrogen) atoms. The molecule has 1 aliphatic rings. The molecule has 0 atom stereocenters. The number of benzene rings is 2. The van der Waals surface area contributed by atoms with Gasteiger partial charge in [-0.25, -0.2) is 9.37 Å². The molecule has 0 radical (unpaired) electrons. The smallest absolute Gasteiger partial charge is 0.242 e.